The first-order valence-electron chi connectivity index (χ1n) is 6.52. The molecule has 0 radical (unpaired) electrons. The summed E-state index contributed by atoms with van der Waals surface area (Å²) in [7, 11) is 1.95. The van der Waals surface area contributed by atoms with Gasteiger partial charge >= 0.3 is 0 Å². The van der Waals surface area contributed by atoms with Crippen LogP contribution in [-0.2, 0) is 4.79 Å². The molecule has 1 amide bonds. The molecule has 16 heavy (non-hydrogen) atoms. The minimum absolute atomic E-state index is 0.300. The fourth-order valence-corrected chi connectivity index (χ4v) is 2.28. The highest BCUT2D eigenvalue weighted by Gasteiger charge is 2.24. The highest BCUT2D eigenvalue weighted by Crippen LogP contribution is 2.22. The molecule has 0 heterocycles. The second-order valence-electron chi connectivity index (χ2n) is 5.51. The standard InChI is InChI=1S/C13H26N2O/c1-10(2)4-9-13(16)15(3)12-7-5-11(14)6-8-12/h10-12H,4-9,14H2,1-3H3. The van der Waals surface area contributed by atoms with Gasteiger partial charge in [-0.15, -0.1) is 0 Å². The first-order chi connectivity index (χ1) is 7.50. The fraction of sp³-hybridized carbons (Fsp3) is 0.923. The number of carbonyl (C=O) groups excluding carboxylic acids is 1. The van der Waals surface area contributed by atoms with Crippen molar-refractivity contribution in [2.75, 3.05) is 7.05 Å². The van der Waals surface area contributed by atoms with Gasteiger partial charge in [-0.2, -0.15) is 0 Å². The summed E-state index contributed by atoms with van der Waals surface area (Å²) in [5.74, 6) is 0.909. The van der Waals surface area contributed by atoms with E-state index >= 15 is 0 Å². The monoisotopic (exact) mass is 226 g/mol. The smallest absolute Gasteiger partial charge is 0.222 e. The SMILES string of the molecule is CC(C)CCC(=O)N(C)C1CCC(N)CC1. The molecule has 2 N–H and O–H groups in total. The molecular weight excluding hydrogens is 200 g/mol. The Hall–Kier alpha value is -0.570. The lowest BCUT2D eigenvalue weighted by molar-refractivity contribution is -0.132. The van der Waals surface area contributed by atoms with Gasteiger partial charge in [-0.3, -0.25) is 4.79 Å². The molecule has 1 aliphatic carbocycles. The van der Waals surface area contributed by atoms with Gasteiger partial charge in [-0.05, 0) is 38.0 Å². The molecule has 0 unspecified atom stereocenters. The second kappa shape index (κ2) is 6.24. The summed E-state index contributed by atoms with van der Waals surface area (Å²) in [5, 5.41) is 0. The average Bonchev–Trinajstić information content (AvgIpc) is 2.26. The van der Waals surface area contributed by atoms with Crippen LogP contribution < -0.4 is 5.73 Å². The summed E-state index contributed by atoms with van der Waals surface area (Å²) in [6, 6.07) is 0.787. The van der Waals surface area contributed by atoms with Gasteiger partial charge < -0.3 is 10.6 Å². The minimum atomic E-state index is 0.300. The van der Waals surface area contributed by atoms with E-state index in [0.717, 1.165) is 32.1 Å². The zero-order valence-electron chi connectivity index (χ0n) is 10.9. The summed E-state index contributed by atoms with van der Waals surface area (Å²) in [4.78, 5) is 13.9. The van der Waals surface area contributed by atoms with Gasteiger partial charge in [0.25, 0.3) is 0 Å². The van der Waals surface area contributed by atoms with Gasteiger partial charge in [0.2, 0.25) is 5.91 Å². The predicted octanol–water partition coefficient (Wildman–Crippen LogP) is 2.15. The molecule has 3 heteroatoms. The molecule has 0 spiro atoms. The molecule has 1 saturated carbocycles. The Balaban J connectivity index is 2.32. The Labute approximate surface area is 99.4 Å². The van der Waals surface area contributed by atoms with Crippen LogP contribution in [0.5, 0.6) is 0 Å². The van der Waals surface area contributed by atoms with Crippen molar-refractivity contribution < 1.29 is 4.79 Å². The van der Waals surface area contributed by atoms with Crippen LogP contribution in [0.4, 0.5) is 0 Å². The zero-order valence-corrected chi connectivity index (χ0v) is 10.9. The largest absolute Gasteiger partial charge is 0.343 e. The average molecular weight is 226 g/mol. The van der Waals surface area contributed by atoms with Crippen molar-refractivity contribution >= 4 is 5.91 Å². The minimum Gasteiger partial charge on any atom is -0.343 e. The van der Waals surface area contributed by atoms with E-state index in [1.807, 2.05) is 11.9 Å². The maximum Gasteiger partial charge on any atom is 0.222 e. The van der Waals surface area contributed by atoms with Crippen LogP contribution in [0.15, 0.2) is 0 Å². The van der Waals surface area contributed by atoms with E-state index in [1.54, 1.807) is 0 Å². The first-order valence-corrected chi connectivity index (χ1v) is 6.52. The van der Waals surface area contributed by atoms with Gasteiger partial charge in [0.05, 0.1) is 0 Å². The van der Waals surface area contributed by atoms with E-state index in [9.17, 15) is 4.79 Å². The van der Waals surface area contributed by atoms with Crippen molar-refractivity contribution in [2.45, 2.75) is 64.5 Å². The van der Waals surface area contributed by atoms with Crippen LogP contribution >= 0.6 is 0 Å². The van der Waals surface area contributed by atoms with Crippen LogP contribution in [0.2, 0.25) is 0 Å². The van der Waals surface area contributed by atoms with E-state index in [4.69, 9.17) is 5.73 Å². The maximum absolute atomic E-state index is 11.9. The summed E-state index contributed by atoms with van der Waals surface area (Å²) in [5.41, 5.74) is 5.87. The maximum atomic E-state index is 11.9. The number of nitrogens with two attached hydrogens (primary N) is 1. The predicted molar refractivity (Wildman–Crippen MR) is 67.1 cm³/mol. The Morgan fingerprint density at radius 3 is 2.38 bits per heavy atom. The van der Waals surface area contributed by atoms with Crippen LogP contribution in [0.3, 0.4) is 0 Å². The molecular formula is C13H26N2O. The molecule has 0 saturated heterocycles. The van der Waals surface area contributed by atoms with Crippen molar-refractivity contribution in [1.82, 2.24) is 4.90 Å². The molecule has 0 aromatic heterocycles. The van der Waals surface area contributed by atoms with E-state index in [2.05, 4.69) is 13.8 Å². The number of hydrogen-bond donors (Lipinski definition) is 1. The van der Waals surface area contributed by atoms with Gasteiger partial charge in [0.1, 0.15) is 0 Å². The Morgan fingerprint density at radius 1 is 1.31 bits per heavy atom. The Bertz CT molecular complexity index is 220. The van der Waals surface area contributed by atoms with Crippen molar-refractivity contribution in [1.29, 1.82) is 0 Å². The van der Waals surface area contributed by atoms with Gasteiger partial charge in [0, 0.05) is 25.6 Å². The topological polar surface area (TPSA) is 46.3 Å². The quantitative estimate of drug-likeness (QED) is 0.798. The molecule has 1 fully saturated rings. The van der Waals surface area contributed by atoms with Crippen LogP contribution in [0, 0.1) is 5.92 Å². The van der Waals surface area contributed by atoms with Gasteiger partial charge in [-0.25, -0.2) is 0 Å². The van der Waals surface area contributed by atoms with Crippen molar-refractivity contribution in [3.8, 4) is 0 Å². The second-order valence-corrected chi connectivity index (χ2v) is 5.51. The Morgan fingerprint density at radius 2 is 1.88 bits per heavy atom. The molecule has 1 rings (SSSR count). The number of rotatable bonds is 4. The zero-order chi connectivity index (χ0) is 12.1. The highest BCUT2D eigenvalue weighted by molar-refractivity contribution is 5.76. The number of hydrogen-bond acceptors (Lipinski definition) is 2. The van der Waals surface area contributed by atoms with Crippen LogP contribution in [0.25, 0.3) is 0 Å². The third-order valence-electron chi connectivity index (χ3n) is 3.62. The summed E-state index contributed by atoms with van der Waals surface area (Å²) >= 11 is 0. The number of amides is 1. The van der Waals surface area contributed by atoms with E-state index in [-0.39, 0.29) is 0 Å². The molecule has 0 aromatic rings. The molecule has 0 aromatic carbocycles. The molecule has 1 aliphatic rings. The molecule has 0 aliphatic heterocycles. The molecule has 94 valence electrons. The summed E-state index contributed by atoms with van der Waals surface area (Å²) < 4.78 is 0. The fourth-order valence-electron chi connectivity index (χ4n) is 2.28. The lowest BCUT2D eigenvalue weighted by atomic mass is 9.90. The highest BCUT2D eigenvalue weighted by atomic mass is 16.2. The van der Waals surface area contributed by atoms with Crippen molar-refractivity contribution in [3.05, 3.63) is 0 Å². The van der Waals surface area contributed by atoms with Crippen molar-refractivity contribution in [2.24, 2.45) is 11.7 Å². The lowest BCUT2D eigenvalue weighted by Gasteiger charge is -2.33. The first kappa shape index (κ1) is 13.5. The molecule has 0 atom stereocenters. The van der Waals surface area contributed by atoms with Crippen molar-refractivity contribution in [3.63, 3.8) is 0 Å². The molecule has 3 nitrogen and oxygen atoms in total. The van der Waals surface area contributed by atoms with Crippen LogP contribution in [-0.4, -0.2) is 29.9 Å². The van der Waals surface area contributed by atoms with Gasteiger partial charge in [-0.1, -0.05) is 13.8 Å². The van der Waals surface area contributed by atoms with Gasteiger partial charge in [0.15, 0.2) is 0 Å². The third kappa shape index (κ3) is 4.12. The van der Waals surface area contributed by atoms with E-state index in [1.165, 1.54) is 0 Å². The number of carbonyl (C=O) groups is 1. The van der Waals surface area contributed by atoms with E-state index in [0.29, 0.717) is 30.3 Å². The summed E-state index contributed by atoms with van der Waals surface area (Å²) in [6.07, 6.45) is 5.96. The van der Waals surface area contributed by atoms with Crippen LogP contribution in [0.1, 0.15) is 52.4 Å². The summed E-state index contributed by atoms with van der Waals surface area (Å²) in [6.45, 7) is 4.32. The number of nitrogens with zero attached hydrogens (tertiary/aromatic N) is 1. The third-order valence-corrected chi connectivity index (χ3v) is 3.62. The normalized spacial score (nSPS) is 25.8. The lowest BCUT2D eigenvalue weighted by Crippen LogP contribution is -2.41. The Kier molecular flexibility index (Phi) is 5.26. The van der Waals surface area contributed by atoms with E-state index < -0.39 is 0 Å². The molecule has 0 bridgehead atoms.